The largest absolute Gasteiger partial charge is 0.354 e. The molecule has 1 aliphatic heterocycles. The normalized spacial score (nSPS) is 27.5. The Hall–Kier alpha value is -1.57. The van der Waals surface area contributed by atoms with Gasteiger partial charge in [-0.25, -0.2) is 8.78 Å². The summed E-state index contributed by atoms with van der Waals surface area (Å²) >= 11 is 0. The van der Waals surface area contributed by atoms with Crippen molar-refractivity contribution in [3.63, 3.8) is 0 Å². The molecule has 23 heavy (non-hydrogen) atoms. The van der Waals surface area contributed by atoms with Crippen molar-refractivity contribution in [3.05, 3.63) is 11.6 Å². The summed E-state index contributed by atoms with van der Waals surface area (Å²) in [7, 11) is 1.93. The number of hydrogen-bond acceptors (Lipinski definition) is 4. The molecule has 0 aromatic carbocycles. The number of nitrogens with one attached hydrogen (secondary N) is 1. The van der Waals surface area contributed by atoms with Gasteiger partial charge in [-0.1, -0.05) is 0 Å². The molecule has 128 valence electrons. The fourth-order valence-corrected chi connectivity index (χ4v) is 3.34. The van der Waals surface area contributed by atoms with E-state index in [9.17, 15) is 13.6 Å². The van der Waals surface area contributed by atoms with Gasteiger partial charge in [0, 0.05) is 51.9 Å². The van der Waals surface area contributed by atoms with Gasteiger partial charge in [-0.05, 0) is 12.8 Å². The molecule has 1 aliphatic carbocycles. The smallest absolute Gasteiger partial charge is 0.250 e. The van der Waals surface area contributed by atoms with Gasteiger partial charge < -0.3 is 9.88 Å². The maximum Gasteiger partial charge on any atom is 0.250 e. The van der Waals surface area contributed by atoms with Gasteiger partial charge in [0.15, 0.2) is 0 Å². The van der Waals surface area contributed by atoms with E-state index in [1.807, 2.05) is 16.5 Å². The summed E-state index contributed by atoms with van der Waals surface area (Å²) in [5, 5.41) is 11.4. The van der Waals surface area contributed by atoms with Gasteiger partial charge in [-0.3, -0.25) is 9.69 Å². The Labute approximate surface area is 134 Å². The van der Waals surface area contributed by atoms with Crippen molar-refractivity contribution in [2.24, 2.45) is 7.05 Å². The van der Waals surface area contributed by atoms with Crippen molar-refractivity contribution in [2.45, 2.75) is 57.0 Å². The van der Waals surface area contributed by atoms with E-state index >= 15 is 0 Å². The van der Waals surface area contributed by atoms with Gasteiger partial charge in [-0.15, -0.1) is 10.2 Å². The Kier molecular flexibility index (Phi) is 4.35. The number of aromatic nitrogens is 3. The molecule has 2 heterocycles. The first kappa shape index (κ1) is 16.3. The van der Waals surface area contributed by atoms with Crippen molar-refractivity contribution in [2.75, 3.05) is 13.1 Å². The molecular formula is C15H23F2N5O. The molecule has 0 atom stereocenters. The molecule has 1 aromatic rings. The van der Waals surface area contributed by atoms with Crippen LogP contribution in [0, 0.1) is 0 Å². The molecule has 0 spiro atoms. The van der Waals surface area contributed by atoms with Gasteiger partial charge >= 0.3 is 0 Å². The molecule has 6 nitrogen and oxygen atoms in total. The lowest BCUT2D eigenvalue weighted by molar-refractivity contribution is -0.120. The summed E-state index contributed by atoms with van der Waals surface area (Å²) in [6, 6.07) is 0.224. The number of carbonyl (C=O) groups is 1. The number of carbonyl (C=O) groups excluding carboxylic acids is 1. The highest BCUT2D eigenvalue weighted by molar-refractivity contribution is 5.73. The lowest BCUT2D eigenvalue weighted by Gasteiger charge is -2.35. The van der Waals surface area contributed by atoms with Gasteiger partial charge in [0.2, 0.25) is 5.91 Å². The number of alkyl halides is 2. The topological polar surface area (TPSA) is 63.1 Å². The van der Waals surface area contributed by atoms with Crippen LogP contribution in [0.1, 0.15) is 50.2 Å². The summed E-state index contributed by atoms with van der Waals surface area (Å²) in [5.41, 5.74) is 0. The molecule has 0 unspecified atom stereocenters. The second-order valence-corrected chi connectivity index (χ2v) is 6.73. The average molecular weight is 327 g/mol. The van der Waals surface area contributed by atoms with Gasteiger partial charge in [-0.2, -0.15) is 0 Å². The third kappa shape index (κ3) is 3.68. The van der Waals surface area contributed by atoms with E-state index in [-0.39, 0.29) is 24.8 Å². The Morgan fingerprint density at radius 1 is 1.30 bits per heavy atom. The van der Waals surface area contributed by atoms with E-state index in [0.29, 0.717) is 25.6 Å². The van der Waals surface area contributed by atoms with Crippen molar-refractivity contribution >= 4 is 5.91 Å². The Balaban J connectivity index is 1.55. The molecule has 1 N–H and O–H groups in total. The zero-order chi connectivity index (χ0) is 16.6. The van der Waals surface area contributed by atoms with Crippen LogP contribution < -0.4 is 5.32 Å². The standard InChI is InChI=1S/C15H23F2N5O/c1-10(23)18-12-7-11(8-12)14-20-19-13(21(14)2)9-22-5-3-15(16,17)4-6-22/h11-12H,3-9H2,1-2H3,(H,18,23). The minimum absolute atomic E-state index is 0.00555. The van der Waals surface area contributed by atoms with E-state index in [2.05, 4.69) is 15.5 Å². The van der Waals surface area contributed by atoms with Crippen molar-refractivity contribution < 1.29 is 13.6 Å². The number of halogens is 2. The van der Waals surface area contributed by atoms with Crippen LogP contribution in [-0.2, 0) is 18.4 Å². The van der Waals surface area contributed by atoms with Crippen LogP contribution in [-0.4, -0.2) is 50.6 Å². The number of amides is 1. The van der Waals surface area contributed by atoms with Crippen LogP contribution in [0.15, 0.2) is 0 Å². The minimum Gasteiger partial charge on any atom is -0.354 e. The number of hydrogen-bond donors (Lipinski definition) is 1. The van der Waals surface area contributed by atoms with Gasteiger partial charge in [0.25, 0.3) is 5.92 Å². The number of piperidine rings is 1. The first-order valence-corrected chi connectivity index (χ1v) is 8.09. The molecule has 1 amide bonds. The molecule has 0 radical (unpaired) electrons. The van der Waals surface area contributed by atoms with Crippen molar-refractivity contribution in [1.82, 2.24) is 25.0 Å². The SMILES string of the molecule is CC(=O)NC1CC(c2nnc(CN3CCC(F)(F)CC3)n2C)C1. The van der Waals surface area contributed by atoms with E-state index in [0.717, 1.165) is 24.5 Å². The zero-order valence-electron chi connectivity index (χ0n) is 13.6. The summed E-state index contributed by atoms with van der Waals surface area (Å²) in [6.07, 6.45) is 1.58. The monoisotopic (exact) mass is 327 g/mol. The Morgan fingerprint density at radius 2 is 1.96 bits per heavy atom. The summed E-state index contributed by atoms with van der Waals surface area (Å²) in [4.78, 5) is 13.0. The number of nitrogens with zero attached hydrogens (tertiary/aromatic N) is 4. The minimum atomic E-state index is -2.52. The maximum atomic E-state index is 13.2. The van der Waals surface area contributed by atoms with Crippen LogP contribution in [0.3, 0.4) is 0 Å². The van der Waals surface area contributed by atoms with E-state index in [4.69, 9.17) is 0 Å². The van der Waals surface area contributed by atoms with E-state index in [1.54, 1.807) is 0 Å². The highest BCUT2D eigenvalue weighted by atomic mass is 19.3. The fourth-order valence-electron chi connectivity index (χ4n) is 3.34. The Morgan fingerprint density at radius 3 is 2.57 bits per heavy atom. The summed E-state index contributed by atoms with van der Waals surface area (Å²) in [6.45, 7) is 2.86. The molecule has 1 saturated carbocycles. The third-order valence-corrected chi connectivity index (χ3v) is 4.86. The van der Waals surface area contributed by atoms with E-state index < -0.39 is 5.92 Å². The first-order chi connectivity index (χ1) is 10.8. The van der Waals surface area contributed by atoms with E-state index in [1.165, 1.54) is 6.92 Å². The third-order valence-electron chi connectivity index (χ3n) is 4.86. The molecule has 8 heteroatoms. The number of likely N-dealkylation sites (tertiary alicyclic amines) is 1. The van der Waals surface area contributed by atoms with Crippen molar-refractivity contribution in [3.8, 4) is 0 Å². The van der Waals surface area contributed by atoms with Gasteiger partial charge in [0.05, 0.1) is 6.54 Å². The fraction of sp³-hybridized carbons (Fsp3) is 0.800. The molecule has 3 rings (SSSR count). The second kappa shape index (κ2) is 6.14. The average Bonchev–Trinajstić information content (AvgIpc) is 2.77. The lowest BCUT2D eigenvalue weighted by atomic mass is 9.79. The lowest BCUT2D eigenvalue weighted by Crippen LogP contribution is -2.43. The van der Waals surface area contributed by atoms with Crippen LogP contribution in [0.2, 0.25) is 0 Å². The Bertz CT molecular complexity index is 572. The molecule has 0 bridgehead atoms. The number of rotatable bonds is 4. The van der Waals surface area contributed by atoms with Crippen LogP contribution >= 0.6 is 0 Å². The predicted octanol–water partition coefficient (Wildman–Crippen LogP) is 1.43. The van der Waals surface area contributed by atoms with Crippen molar-refractivity contribution in [1.29, 1.82) is 0 Å². The highest BCUT2D eigenvalue weighted by Crippen LogP contribution is 2.36. The second-order valence-electron chi connectivity index (χ2n) is 6.73. The molecule has 1 aromatic heterocycles. The molecular weight excluding hydrogens is 304 g/mol. The quantitative estimate of drug-likeness (QED) is 0.909. The summed E-state index contributed by atoms with van der Waals surface area (Å²) < 4.78 is 28.4. The van der Waals surface area contributed by atoms with Crippen LogP contribution in [0.25, 0.3) is 0 Å². The summed E-state index contributed by atoms with van der Waals surface area (Å²) in [5.74, 6) is -0.485. The first-order valence-electron chi connectivity index (χ1n) is 8.09. The van der Waals surface area contributed by atoms with Crippen LogP contribution in [0.4, 0.5) is 8.78 Å². The predicted molar refractivity (Wildman–Crippen MR) is 80.0 cm³/mol. The zero-order valence-corrected chi connectivity index (χ0v) is 13.6. The molecule has 2 aliphatic rings. The maximum absolute atomic E-state index is 13.2. The molecule has 1 saturated heterocycles. The van der Waals surface area contributed by atoms with Gasteiger partial charge in [0.1, 0.15) is 11.6 Å². The molecule has 2 fully saturated rings. The highest BCUT2D eigenvalue weighted by Gasteiger charge is 2.36. The van der Waals surface area contributed by atoms with Crippen LogP contribution in [0.5, 0.6) is 0 Å².